The second-order valence-electron chi connectivity index (χ2n) is 5.61. The van der Waals surface area contributed by atoms with Crippen LogP contribution < -0.4 is 10.1 Å². The third kappa shape index (κ3) is 5.55. The molecule has 140 valence electrons. The number of hydrogen-bond acceptors (Lipinski definition) is 6. The number of benzene rings is 2. The van der Waals surface area contributed by atoms with E-state index >= 15 is 0 Å². The lowest BCUT2D eigenvalue weighted by Crippen LogP contribution is -2.13. The van der Waals surface area contributed by atoms with Gasteiger partial charge in [-0.2, -0.15) is 0 Å². The first-order chi connectivity index (χ1) is 13.1. The maximum atomic E-state index is 13.5. The normalized spacial score (nSPS) is 10.6. The predicted molar refractivity (Wildman–Crippen MR) is 100 cm³/mol. The lowest BCUT2D eigenvalue weighted by Gasteiger charge is -2.05. The van der Waals surface area contributed by atoms with E-state index in [0.717, 1.165) is 11.3 Å². The Kier molecular flexibility index (Phi) is 6.43. The van der Waals surface area contributed by atoms with Gasteiger partial charge >= 0.3 is 0 Å². The molecule has 0 unspecified atom stereocenters. The molecule has 1 aromatic heterocycles. The Balaban J connectivity index is 1.45. The van der Waals surface area contributed by atoms with Crippen LogP contribution in [0.15, 0.2) is 58.2 Å². The number of rotatable bonds is 8. The van der Waals surface area contributed by atoms with E-state index in [0.29, 0.717) is 23.3 Å². The van der Waals surface area contributed by atoms with Crippen LogP contribution in [0.1, 0.15) is 17.9 Å². The van der Waals surface area contributed by atoms with E-state index in [1.165, 1.54) is 23.9 Å². The zero-order valence-electron chi connectivity index (χ0n) is 14.6. The van der Waals surface area contributed by atoms with Crippen molar-refractivity contribution in [2.75, 3.05) is 18.2 Å². The number of aromatic nitrogens is 2. The molecule has 0 saturated carbocycles. The largest absolute Gasteiger partial charge is 0.497 e. The number of para-hydroxylation sites is 1. The number of halogens is 1. The average molecular weight is 387 g/mol. The molecule has 3 rings (SSSR count). The zero-order chi connectivity index (χ0) is 19.1. The lowest BCUT2D eigenvalue weighted by molar-refractivity contribution is -0.115. The molecule has 1 heterocycles. The lowest BCUT2D eigenvalue weighted by atomic mass is 10.1. The number of nitrogens with zero attached hydrogens (tertiary/aromatic N) is 2. The molecular formula is C19H18FN3O3S. The first-order valence-electron chi connectivity index (χ1n) is 8.26. The highest BCUT2D eigenvalue weighted by Gasteiger charge is 2.10. The van der Waals surface area contributed by atoms with Crippen molar-refractivity contribution in [3.8, 4) is 5.75 Å². The summed E-state index contributed by atoms with van der Waals surface area (Å²) in [6.07, 6.45) is 0.723. The molecule has 0 bridgehead atoms. The first kappa shape index (κ1) is 18.9. The summed E-state index contributed by atoms with van der Waals surface area (Å²) in [7, 11) is 1.62. The van der Waals surface area contributed by atoms with Crippen LogP contribution in [0, 0.1) is 5.82 Å². The van der Waals surface area contributed by atoms with E-state index in [-0.39, 0.29) is 18.0 Å². The summed E-state index contributed by atoms with van der Waals surface area (Å²) in [5, 5.41) is 10.9. The van der Waals surface area contributed by atoms with Crippen molar-refractivity contribution in [2.24, 2.45) is 0 Å². The standard InChI is InChI=1S/C19H18FN3O3S/c1-25-14-8-6-13(7-9-14)12-18-22-23-19(26-18)27-11-10-17(24)21-16-5-3-2-4-15(16)20/h2-9H,10-12H2,1H3,(H,21,24). The van der Waals surface area contributed by atoms with Crippen LogP contribution in [0.3, 0.4) is 0 Å². The Hall–Kier alpha value is -2.87. The Labute approximate surface area is 160 Å². The summed E-state index contributed by atoms with van der Waals surface area (Å²) in [4.78, 5) is 11.9. The molecule has 0 saturated heterocycles. The quantitative estimate of drug-likeness (QED) is 0.590. The van der Waals surface area contributed by atoms with Gasteiger partial charge in [-0.15, -0.1) is 10.2 Å². The summed E-state index contributed by atoms with van der Waals surface area (Å²) in [5.41, 5.74) is 1.20. The van der Waals surface area contributed by atoms with Crippen LogP contribution in [-0.2, 0) is 11.2 Å². The van der Waals surface area contributed by atoms with Crippen molar-refractivity contribution < 1.29 is 18.3 Å². The van der Waals surface area contributed by atoms with Gasteiger partial charge in [0.2, 0.25) is 11.8 Å². The topological polar surface area (TPSA) is 77.2 Å². The molecule has 0 atom stereocenters. The predicted octanol–water partition coefficient (Wildman–Crippen LogP) is 3.93. The van der Waals surface area contributed by atoms with E-state index in [9.17, 15) is 9.18 Å². The highest BCUT2D eigenvalue weighted by Crippen LogP contribution is 2.20. The van der Waals surface area contributed by atoms with Crippen molar-refractivity contribution in [2.45, 2.75) is 18.1 Å². The third-order valence-corrected chi connectivity index (χ3v) is 4.49. The minimum Gasteiger partial charge on any atom is -0.497 e. The monoisotopic (exact) mass is 387 g/mol. The van der Waals surface area contributed by atoms with Gasteiger partial charge in [-0.25, -0.2) is 4.39 Å². The first-order valence-corrected chi connectivity index (χ1v) is 9.25. The van der Waals surface area contributed by atoms with E-state index in [4.69, 9.17) is 9.15 Å². The second kappa shape index (κ2) is 9.18. The number of carbonyl (C=O) groups excluding carboxylic acids is 1. The molecule has 0 spiro atoms. The SMILES string of the molecule is COc1ccc(Cc2nnc(SCCC(=O)Nc3ccccc3F)o2)cc1. The van der Waals surface area contributed by atoms with Gasteiger partial charge in [0.05, 0.1) is 19.2 Å². The maximum Gasteiger partial charge on any atom is 0.276 e. The molecule has 3 aromatic rings. The van der Waals surface area contributed by atoms with Crippen LogP contribution in [0.2, 0.25) is 0 Å². The summed E-state index contributed by atoms with van der Waals surface area (Å²) in [6.45, 7) is 0. The third-order valence-electron chi connectivity index (χ3n) is 3.67. The average Bonchev–Trinajstić information content (AvgIpc) is 3.11. The molecular weight excluding hydrogens is 369 g/mol. The number of thioether (sulfide) groups is 1. The molecule has 0 aliphatic rings. The number of carbonyl (C=O) groups is 1. The van der Waals surface area contributed by atoms with Crippen molar-refractivity contribution in [1.29, 1.82) is 0 Å². The Morgan fingerprint density at radius 3 is 2.70 bits per heavy atom. The van der Waals surface area contributed by atoms with Crippen molar-refractivity contribution in [3.63, 3.8) is 0 Å². The molecule has 0 fully saturated rings. The van der Waals surface area contributed by atoms with Crippen molar-refractivity contribution in [1.82, 2.24) is 10.2 Å². The fourth-order valence-electron chi connectivity index (χ4n) is 2.29. The van der Waals surface area contributed by atoms with Crippen molar-refractivity contribution >= 4 is 23.4 Å². The van der Waals surface area contributed by atoms with E-state index in [1.54, 1.807) is 19.2 Å². The molecule has 1 amide bonds. The number of nitrogens with one attached hydrogen (secondary N) is 1. The van der Waals surface area contributed by atoms with Crippen LogP contribution in [0.25, 0.3) is 0 Å². The highest BCUT2D eigenvalue weighted by atomic mass is 32.2. The Morgan fingerprint density at radius 2 is 1.96 bits per heavy atom. The number of amides is 1. The fourth-order valence-corrected chi connectivity index (χ4v) is 3.01. The minimum absolute atomic E-state index is 0.173. The van der Waals surface area contributed by atoms with Gasteiger partial charge in [-0.3, -0.25) is 4.79 Å². The Bertz CT molecular complexity index is 899. The van der Waals surface area contributed by atoms with Gasteiger partial charge in [0, 0.05) is 12.2 Å². The van der Waals surface area contributed by atoms with E-state index in [1.807, 2.05) is 24.3 Å². The number of ether oxygens (including phenoxy) is 1. The van der Waals surface area contributed by atoms with Gasteiger partial charge in [-0.1, -0.05) is 36.0 Å². The van der Waals surface area contributed by atoms with Gasteiger partial charge < -0.3 is 14.5 Å². The molecule has 6 nitrogen and oxygen atoms in total. The highest BCUT2D eigenvalue weighted by molar-refractivity contribution is 7.99. The van der Waals surface area contributed by atoms with Gasteiger partial charge in [-0.05, 0) is 29.8 Å². The fraction of sp³-hybridized carbons (Fsp3) is 0.211. The van der Waals surface area contributed by atoms with E-state index < -0.39 is 5.82 Å². The second-order valence-corrected chi connectivity index (χ2v) is 6.66. The molecule has 0 aliphatic heterocycles. The smallest absolute Gasteiger partial charge is 0.276 e. The summed E-state index contributed by atoms with van der Waals surface area (Å²) in [5.74, 6) is 1.00. The molecule has 1 N–H and O–H groups in total. The van der Waals surface area contributed by atoms with Crippen LogP contribution >= 0.6 is 11.8 Å². The summed E-state index contributed by atoms with van der Waals surface area (Å²) in [6, 6.07) is 13.7. The molecule has 0 aliphatic carbocycles. The van der Waals surface area contributed by atoms with Crippen LogP contribution in [0.4, 0.5) is 10.1 Å². The number of methoxy groups -OCH3 is 1. The summed E-state index contributed by atoms with van der Waals surface area (Å²) < 4.78 is 24.2. The molecule has 0 radical (unpaired) electrons. The van der Waals surface area contributed by atoms with E-state index in [2.05, 4.69) is 15.5 Å². The maximum absolute atomic E-state index is 13.5. The number of hydrogen-bond donors (Lipinski definition) is 1. The summed E-state index contributed by atoms with van der Waals surface area (Å²) >= 11 is 1.29. The van der Waals surface area contributed by atoms with Crippen LogP contribution in [-0.4, -0.2) is 29.0 Å². The van der Waals surface area contributed by atoms with Gasteiger partial charge in [0.15, 0.2) is 0 Å². The van der Waals surface area contributed by atoms with Gasteiger partial charge in [0.25, 0.3) is 5.22 Å². The minimum atomic E-state index is -0.460. The van der Waals surface area contributed by atoms with Crippen LogP contribution in [0.5, 0.6) is 5.75 Å². The van der Waals surface area contributed by atoms with Crippen molar-refractivity contribution in [3.05, 3.63) is 65.8 Å². The molecule has 27 heavy (non-hydrogen) atoms. The molecule has 2 aromatic carbocycles. The molecule has 8 heteroatoms. The zero-order valence-corrected chi connectivity index (χ0v) is 15.5. The number of anilines is 1. The van der Waals surface area contributed by atoms with Gasteiger partial charge in [0.1, 0.15) is 11.6 Å². The Morgan fingerprint density at radius 1 is 1.19 bits per heavy atom.